The van der Waals surface area contributed by atoms with Crippen molar-refractivity contribution in [2.75, 3.05) is 19.9 Å². The molecule has 0 heterocycles. The average molecular weight is 366 g/mol. The fourth-order valence-corrected chi connectivity index (χ4v) is 3.32. The van der Waals surface area contributed by atoms with E-state index in [2.05, 4.69) is 38.0 Å². The normalized spacial score (nSPS) is 14.1. The molecule has 0 N–H and O–H groups in total. The molecule has 1 atom stereocenters. The Bertz CT molecular complexity index is 660. The lowest BCUT2D eigenvalue weighted by Gasteiger charge is -2.28. The topological polar surface area (TPSA) is 55.7 Å². The molecule has 1 aromatic rings. The fraction of sp³-hybridized carbons (Fsp3) is 0.526. The molecule has 25 heavy (non-hydrogen) atoms. The summed E-state index contributed by atoms with van der Waals surface area (Å²) < 4.78 is 4.79. The summed E-state index contributed by atoms with van der Waals surface area (Å²) in [5, 5.41) is 4.75. The van der Waals surface area contributed by atoms with Crippen LogP contribution in [0, 0.1) is 6.92 Å². The van der Waals surface area contributed by atoms with Gasteiger partial charge in [-0.1, -0.05) is 48.4 Å². The predicted octanol–water partition coefficient (Wildman–Crippen LogP) is 3.84. The number of nitrogens with zero attached hydrogens (tertiary/aromatic N) is 2. The van der Waals surface area contributed by atoms with Gasteiger partial charge in [-0.15, -0.1) is 4.59 Å². The highest BCUT2D eigenvalue weighted by Crippen LogP contribution is 2.34. The Hall–Kier alpha value is -1.66. The molecule has 1 rings (SSSR count). The SMILES string of the molecule is CCOC(=O)C(=N[N+](C)(C(C)=O)c1c(CC)cc(C)cc1CC)SC. The second kappa shape index (κ2) is 9.15. The second-order valence-corrected chi connectivity index (χ2v) is 6.74. The van der Waals surface area contributed by atoms with Crippen LogP contribution in [0.15, 0.2) is 17.2 Å². The summed E-state index contributed by atoms with van der Waals surface area (Å²) in [6.45, 7) is 9.70. The molecule has 1 amide bonds. The van der Waals surface area contributed by atoms with Gasteiger partial charge in [0.2, 0.25) is 5.04 Å². The number of carbonyl (C=O) groups is 2. The van der Waals surface area contributed by atoms with Gasteiger partial charge in [-0.2, -0.15) is 0 Å². The van der Waals surface area contributed by atoms with Gasteiger partial charge in [-0.05, 0) is 32.9 Å². The maximum Gasteiger partial charge on any atom is 0.369 e. The molecule has 5 nitrogen and oxygen atoms in total. The van der Waals surface area contributed by atoms with Gasteiger partial charge in [-0.3, -0.25) is 0 Å². The van der Waals surface area contributed by atoms with Gasteiger partial charge in [0.15, 0.2) is 5.69 Å². The van der Waals surface area contributed by atoms with Crippen LogP contribution in [0.5, 0.6) is 0 Å². The Labute approximate surface area is 155 Å². The van der Waals surface area contributed by atoms with Crippen LogP contribution in [-0.4, -0.2) is 36.8 Å². The molecule has 0 aliphatic heterocycles. The Morgan fingerprint density at radius 1 is 1.16 bits per heavy atom. The van der Waals surface area contributed by atoms with Crippen molar-refractivity contribution in [2.24, 2.45) is 5.10 Å². The number of ether oxygens (including phenoxy) is 1. The predicted molar refractivity (Wildman–Crippen MR) is 106 cm³/mol. The van der Waals surface area contributed by atoms with E-state index in [9.17, 15) is 9.59 Å². The van der Waals surface area contributed by atoms with Crippen LogP contribution in [0.25, 0.3) is 0 Å². The van der Waals surface area contributed by atoms with Crippen LogP contribution in [0.2, 0.25) is 0 Å². The third kappa shape index (κ3) is 4.70. The smallest absolute Gasteiger partial charge is 0.369 e. The van der Waals surface area contributed by atoms with Gasteiger partial charge >= 0.3 is 11.9 Å². The van der Waals surface area contributed by atoms with E-state index in [1.54, 1.807) is 20.2 Å². The quantitative estimate of drug-likeness (QED) is 0.261. The van der Waals surface area contributed by atoms with Crippen molar-refractivity contribution in [1.82, 2.24) is 4.59 Å². The number of quaternary nitrogens is 1. The van der Waals surface area contributed by atoms with Crippen LogP contribution >= 0.6 is 11.8 Å². The fourth-order valence-electron chi connectivity index (χ4n) is 2.85. The molecule has 0 aliphatic carbocycles. The summed E-state index contributed by atoms with van der Waals surface area (Å²) in [5.74, 6) is -0.645. The zero-order chi connectivity index (χ0) is 19.2. The Morgan fingerprint density at radius 2 is 1.68 bits per heavy atom. The monoisotopic (exact) mass is 365 g/mol. The van der Waals surface area contributed by atoms with Gasteiger partial charge in [0.1, 0.15) is 7.05 Å². The summed E-state index contributed by atoms with van der Waals surface area (Å²) in [4.78, 5) is 24.8. The van der Waals surface area contributed by atoms with E-state index in [4.69, 9.17) is 4.74 Å². The van der Waals surface area contributed by atoms with E-state index in [1.807, 2.05) is 0 Å². The second-order valence-electron chi connectivity index (χ2n) is 5.95. The molecular formula is C19H29N2O3S+. The first-order valence-corrected chi connectivity index (χ1v) is 9.79. The van der Waals surface area contributed by atoms with Gasteiger partial charge in [-0.25, -0.2) is 9.59 Å². The molecule has 0 radical (unpaired) electrons. The third-order valence-electron chi connectivity index (χ3n) is 4.16. The Kier molecular flexibility index (Phi) is 7.83. The van der Waals surface area contributed by atoms with Crippen LogP contribution < -0.4 is 4.59 Å². The average Bonchev–Trinajstić information content (AvgIpc) is 2.58. The maximum absolute atomic E-state index is 12.6. The molecule has 0 aromatic heterocycles. The zero-order valence-corrected chi connectivity index (χ0v) is 17.1. The van der Waals surface area contributed by atoms with E-state index >= 15 is 0 Å². The van der Waals surface area contributed by atoms with Gasteiger partial charge in [0, 0.05) is 11.1 Å². The summed E-state index contributed by atoms with van der Waals surface area (Å²) in [7, 11) is 1.74. The van der Waals surface area contributed by atoms with E-state index in [-0.39, 0.29) is 22.1 Å². The molecule has 0 saturated carbocycles. The highest BCUT2D eigenvalue weighted by molar-refractivity contribution is 8.15. The van der Waals surface area contributed by atoms with E-state index < -0.39 is 5.97 Å². The maximum atomic E-state index is 12.6. The number of benzene rings is 1. The lowest BCUT2D eigenvalue weighted by Crippen LogP contribution is -2.46. The van der Waals surface area contributed by atoms with Crippen molar-refractivity contribution in [2.45, 2.75) is 47.5 Å². The van der Waals surface area contributed by atoms with Crippen LogP contribution in [0.4, 0.5) is 5.69 Å². The number of esters is 1. The molecule has 0 spiro atoms. The molecule has 0 fully saturated rings. The zero-order valence-electron chi connectivity index (χ0n) is 16.3. The molecular weight excluding hydrogens is 336 g/mol. The molecule has 1 aromatic carbocycles. The van der Waals surface area contributed by atoms with Crippen molar-refractivity contribution in [3.63, 3.8) is 0 Å². The van der Waals surface area contributed by atoms with Crippen LogP contribution in [-0.2, 0) is 27.2 Å². The lowest BCUT2D eigenvalue weighted by molar-refractivity contribution is -0.134. The van der Waals surface area contributed by atoms with Crippen molar-refractivity contribution in [3.8, 4) is 0 Å². The molecule has 6 heteroatoms. The first-order valence-electron chi connectivity index (χ1n) is 8.56. The number of aryl methyl sites for hydroxylation is 3. The molecule has 0 saturated heterocycles. The Balaban J connectivity index is 3.70. The Morgan fingerprint density at radius 3 is 2.04 bits per heavy atom. The number of thioether (sulfide) groups is 1. The van der Waals surface area contributed by atoms with Crippen molar-refractivity contribution < 1.29 is 14.3 Å². The molecule has 0 bridgehead atoms. The molecule has 1 unspecified atom stereocenters. The van der Waals surface area contributed by atoms with Gasteiger partial charge in [0.25, 0.3) is 0 Å². The van der Waals surface area contributed by atoms with Crippen molar-refractivity contribution in [3.05, 3.63) is 28.8 Å². The number of rotatable bonds is 5. The third-order valence-corrected chi connectivity index (χ3v) is 4.79. The molecule has 138 valence electrons. The van der Waals surface area contributed by atoms with E-state index in [1.165, 1.54) is 18.7 Å². The van der Waals surface area contributed by atoms with Gasteiger partial charge < -0.3 is 4.74 Å². The van der Waals surface area contributed by atoms with Crippen molar-refractivity contribution in [1.29, 1.82) is 0 Å². The standard InChI is InChI=1S/C19H29N2O3S/c1-8-15-11-13(4)12-16(9-2)17(15)21(6,14(5)22)20-18(25-7)19(23)24-10-3/h11-12H,8-10H2,1-7H3/q+1. The highest BCUT2D eigenvalue weighted by Gasteiger charge is 2.38. The van der Waals surface area contributed by atoms with E-state index in [0.29, 0.717) is 0 Å². The first-order chi connectivity index (χ1) is 11.7. The number of hydrogen-bond donors (Lipinski definition) is 0. The summed E-state index contributed by atoms with van der Waals surface area (Å²) in [5.41, 5.74) is 4.16. The number of hydrogen-bond acceptors (Lipinski definition) is 5. The van der Waals surface area contributed by atoms with Crippen molar-refractivity contribution >= 4 is 34.4 Å². The first kappa shape index (κ1) is 21.4. The molecule has 0 aliphatic rings. The minimum absolute atomic E-state index is 0.149. The number of amides is 1. The number of carbonyl (C=O) groups excluding carboxylic acids is 2. The minimum Gasteiger partial charge on any atom is -0.461 e. The van der Waals surface area contributed by atoms with Crippen LogP contribution in [0.1, 0.15) is 44.4 Å². The summed E-state index contributed by atoms with van der Waals surface area (Å²) in [6.07, 6.45) is 3.33. The lowest BCUT2D eigenvalue weighted by atomic mass is 9.98. The largest absolute Gasteiger partial charge is 0.461 e. The van der Waals surface area contributed by atoms with Crippen LogP contribution in [0.3, 0.4) is 0 Å². The summed E-state index contributed by atoms with van der Waals surface area (Å²) in [6, 6.07) is 4.18. The van der Waals surface area contributed by atoms with E-state index in [0.717, 1.165) is 35.2 Å². The highest BCUT2D eigenvalue weighted by atomic mass is 32.2. The minimum atomic E-state index is -0.496. The van der Waals surface area contributed by atoms with Gasteiger partial charge in [0.05, 0.1) is 13.5 Å². The summed E-state index contributed by atoms with van der Waals surface area (Å²) >= 11 is 1.19.